The van der Waals surface area contributed by atoms with Crippen LogP contribution in [0.4, 0.5) is 4.79 Å². The fraction of sp³-hybridized carbons (Fsp3) is 0.600. The number of carbonyl (C=O) groups is 2. The summed E-state index contributed by atoms with van der Waals surface area (Å²) in [6.07, 6.45) is -0.435. The molecule has 1 aromatic rings. The molecular weight excluding hydrogens is 350 g/mol. The first kappa shape index (κ1) is 22.8. The number of amides is 1. The van der Waals surface area contributed by atoms with Crippen LogP contribution < -0.4 is 10.1 Å². The van der Waals surface area contributed by atoms with E-state index in [-0.39, 0.29) is 19.6 Å². The van der Waals surface area contributed by atoms with Gasteiger partial charge in [0.15, 0.2) is 0 Å². The molecule has 0 aliphatic carbocycles. The molecule has 0 bridgehead atoms. The molecule has 0 aromatic heterocycles. The van der Waals surface area contributed by atoms with Crippen molar-refractivity contribution in [2.45, 2.75) is 65.2 Å². The van der Waals surface area contributed by atoms with Crippen molar-refractivity contribution in [3.8, 4) is 5.75 Å². The third-order valence-electron chi connectivity index (χ3n) is 3.11. The first-order chi connectivity index (χ1) is 12.4. The number of nitrogens with one attached hydrogen (secondary N) is 1. The van der Waals surface area contributed by atoms with E-state index in [0.717, 1.165) is 5.56 Å². The Bertz CT molecular complexity index is 613. The van der Waals surface area contributed by atoms with Gasteiger partial charge in [-0.1, -0.05) is 12.1 Å². The van der Waals surface area contributed by atoms with Crippen LogP contribution >= 0.6 is 0 Å². The summed E-state index contributed by atoms with van der Waals surface area (Å²) < 4.78 is 16.0. The van der Waals surface area contributed by atoms with Crippen molar-refractivity contribution in [3.05, 3.63) is 29.8 Å². The molecule has 7 heteroatoms. The minimum Gasteiger partial charge on any atom is -0.491 e. The van der Waals surface area contributed by atoms with Gasteiger partial charge in [-0.3, -0.25) is 0 Å². The number of alkyl carbamates (subject to hydrolysis) is 1. The average Bonchev–Trinajstić information content (AvgIpc) is 2.50. The molecule has 0 unspecified atom stereocenters. The van der Waals surface area contributed by atoms with Crippen LogP contribution in [0.15, 0.2) is 24.3 Å². The van der Waals surface area contributed by atoms with Crippen LogP contribution in [0.1, 0.15) is 47.1 Å². The number of ether oxygens (including phenoxy) is 3. The zero-order valence-corrected chi connectivity index (χ0v) is 17.0. The molecule has 7 nitrogen and oxygen atoms in total. The Morgan fingerprint density at radius 3 is 2.04 bits per heavy atom. The maximum absolute atomic E-state index is 12.5. The Morgan fingerprint density at radius 2 is 1.56 bits per heavy atom. The van der Waals surface area contributed by atoms with Crippen molar-refractivity contribution in [2.24, 2.45) is 0 Å². The number of hydrogen-bond donors (Lipinski definition) is 2. The van der Waals surface area contributed by atoms with E-state index >= 15 is 0 Å². The molecule has 0 saturated heterocycles. The predicted molar refractivity (Wildman–Crippen MR) is 102 cm³/mol. The van der Waals surface area contributed by atoms with Gasteiger partial charge in [0.2, 0.25) is 0 Å². The van der Waals surface area contributed by atoms with Gasteiger partial charge < -0.3 is 24.6 Å². The van der Waals surface area contributed by atoms with Crippen LogP contribution in [0.2, 0.25) is 0 Å². The summed E-state index contributed by atoms with van der Waals surface area (Å²) in [5.41, 5.74) is -0.528. The Labute approximate surface area is 161 Å². The van der Waals surface area contributed by atoms with Gasteiger partial charge in [0, 0.05) is 6.42 Å². The fourth-order valence-electron chi connectivity index (χ4n) is 2.14. The third-order valence-corrected chi connectivity index (χ3v) is 3.11. The molecule has 2 N–H and O–H groups in total. The van der Waals surface area contributed by atoms with Gasteiger partial charge in [0.1, 0.15) is 29.6 Å². The van der Waals surface area contributed by atoms with Gasteiger partial charge in [-0.15, -0.1) is 0 Å². The van der Waals surface area contributed by atoms with E-state index in [4.69, 9.17) is 19.3 Å². The SMILES string of the molecule is CC(C)(C)OC(=O)N[C@@H](Cc1ccc(OCCO)cc1)C(=O)OC(C)(C)C. The van der Waals surface area contributed by atoms with Crippen LogP contribution in [0.3, 0.4) is 0 Å². The summed E-state index contributed by atoms with van der Waals surface area (Å²) in [5, 5.41) is 11.4. The molecule has 0 spiro atoms. The molecule has 0 radical (unpaired) electrons. The summed E-state index contributed by atoms with van der Waals surface area (Å²) in [7, 11) is 0. The molecule has 0 aliphatic heterocycles. The van der Waals surface area contributed by atoms with Crippen molar-refractivity contribution in [2.75, 3.05) is 13.2 Å². The molecule has 1 aromatic carbocycles. The number of esters is 1. The lowest BCUT2D eigenvalue weighted by atomic mass is 10.1. The molecule has 0 heterocycles. The molecule has 1 amide bonds. The van der Waals surface area contributed by atoms with Gasteiger partial charge in [0.05, 0.1) is 6.61 Å². The lowest BCUT2D eigenvalue weighted by molar-refractivity contribution is -0.157. The first-order valence-electron chi connectivity index (χ1n) is 8.94. The molecule has 0 aliphatic rings. The van der Waals surface area contributed by atoms with E-state index in [9.17, 15) is 9.59 Å². The molecule has 152 valence electrons. The monoisotopic (exact) mass is 381 g/mol. The summed E-state index contributed by atoms with van der Waals surface area (Å²) in [5.74, 6) is 0.0793. The van der Waals surface area contributed by atoms with E-state index < -0.39 is 29.3 Å². The summed E-state index contributed by atoms with van der Waals surface area (Å²) in [6.45, 7) is 10.7. The zero-order valence-electron chi connectivity index (χ0n) is 17.0. The minimum atomic E-state index is -0.886. The number of aliphatic hydroxyl groups is 1. The highest BCUT2D eigenvalue weighted by molar-refractivity contribution is 5.82. The van der Waals surface area contributed by atoms with Crippen molar-refractivity contribution >= 4 is 12.1 Å². The predicted octanol–water partition coefficient (Wildman–Crippen LogP) is 2.84. The normalized spacial score (nSPS) is 12.9. The van der Waals surface area contributed by atoms with Gasteiger partial charge in [-0.2, -0.15) is 0 Å². The quantitative estimate of drug-likeness (QED) is 0.706. The van der Waals surface area contributed by atoms with Gasteiger partial charge >= 0.3 is 12.1 Å². The maximum atomic E-state index is 12.5. The second kappa shape index (κ2) is 9.60. The number of hydrogen-bond acceptors (Lipinski definition) is 6. The Kier molecular flexibility index (Phi) is 8.09. The number of carbonyl (C=O) groups excluding carboxylic acids is 2. The molecular formula is C20H31NO6. The van der Waals surface area contributed by atoms with Crippen molar-refractivity contribution in [1.29, 1.82) is 0 Å². The molecule has 0 saturated carbocycles. The minimum absolute atomic E-state index is 0.0672. The molecule has 1 rings (SSSR count). The van der Waals surface area contributed by atoms with E-state index in [1.165, 1.54) is 0 Å². The van der Waals surface area contributed by atoms with Crippen LogP contribution in [-0.2, 0) is 20.7 Å². The lowest BCUT2D eigenvalue weighted by Crippen LogP contribution is -2.47. The first-order valence-corrected chi connectivity index (χ1v) is 8.94. The van der Waals surface area contributed by atoms with Crippen LogP contribution in [0.5, 0.6) is 5.75 Å². The highest BCUT2D eigenvalue weighted by Crippen LogP contribution is 2.16. The van der Waals surface area contributed by atoms with Gasteiger partial charge in [0.25, 0.3) is 0 Å². The van der Waals surface area contributed by atoms with E-state index in [1.807, 2.05) is 0 Å². The summed E-state index contributed by atoms with van der Waals surface area (Å²) in [4.78, 5) is 24.6. The van der Waals surface area contributed by atoms with Gasteiger partial charge in [-0.05, 0) is 59.2 Å². The van der Waals surface area contributed by atoms with Gasteiger partial charge in [-0.25, -0.2) is 9.59 Å². The Morgan fingerprint density at radius 1 is 1.00 bits per heavy atom. The number of rotatable bonds is 7. The second-order valence-electron chi connectivity index (χ2n) is 8.15. The van der Waals surface area contributed by atoms with Crippen molar-refractivity contribution in [3.63, 3.8) is 0 Å². The van der Waals surface area contributed by atoms with Crippen LogP contribution in [-0.4, -0.2) is 47.6 Å². The highest BCUT2D eigenvalue weighted by atomic mass is 16.6. The van der Waals surface area contributed by atoms with E-state index in [0.29, 0.717) is 5.75 Å². The summed E-state index contributed by atoms with van der Waals surface area (Å²) >= 11 is 0. The molecule has 1 atom stereocenters. The van der Waals surface area contributed by atoms with Crippen molar-refractivity contribution < 1.29 is 28.9 Å². The fourth-order valence-corrected chi connectivity index (χ4v) is 2.14. The average molecular weight is 381 g/mol. The topological polar surface area (TPSA) is 94.1 Å². The van der Waals surface area contributed by atoms with Crippen molar-refractivity contribution in [1.82, 2.24) is 5.32 Å². The summed E-state index contributed by atoms with van der Waals surface area (Å²) in [6, 6.07) is 6.18. The highest BCUT2D eigenvalue weighted by Gasteiger charge is 2.28. The molecule has 0 fully saturated rings. The standard InChI is InChI=1S/C20H31NO6/c1-19(2,3)26-17(23)16(21-18(24)27-20(4,5)6)13-14-7-9-15(10-8-14)25-12-11-22/h7-10,16,22H,11-13H2,1-6H3,(H,21,24)/t16-/m0/s1. The third kappa shape index (κ3) is 9.84. The second-order valence-corrected chi connectivity index (χ2v) is 8.15. The Balaban J connectivity index is 2.86. The zero-order chi connectivity index (χ0) is 20.7. The Hall–Kier alpha value is -2.28. The van der Waals surface area contributed by atoms with Crippen LogP contribution in [0, 0.1) is 0 Å². The van der Waals surface area contributed by atoms with Crippen LogP contribution in [0.25, 0.3) is 0 Å². The largest absolute Gasteiger partial charge is 0.491 e. The smallest absolute Gasteiger partial charge is 0.408 e. The maximum Gasteiger partial charge on any atom is 0.408 e. The number of aliphatic hydroxyl groups excluding tert-OH is 1. The number of benzene rings is 1. The van der Waals surface area contributed by atoms with E-state index in [1.54, 1.807) is 65.8 Å². The lowest BCUT2D eigenvalue weighted by Gasteiger charge is -2.26. The van der Waals surface area contributed by atoms with E-state index in [2.05, 4.69) is 5.32 Å². The molecule has 27 heavy (non-hydrogen) atoms.